The number of nitrogens with one attached hydrogen (secondary N) is 1. The number of benzene rings is 2. The van der Waals surface area contributed by atoms with Crippen LogP contribution in [-0.4, -0.2) is 36.8 Å². The van der Waals surface area contributed by atoms with Crippen LogP contribution in [0.4, 0.5) is 5.69 Å². The lowest BCUT2D eigenvalue weighted by molar-refractivity contribution is 0.0995. The third-order valence-corrected chi connectivity index (χ3v) is 5.74. The van der Waals surface area contributed by atoms with Crippen LogP contribution in [-0.2, 0) is 9.84 Å². The molecule has 3 N–H and O–H groups in total. The maximum absolute atomic E-state index is 11.8. The van der Waals surface area contributed by atoms with Gasteiger partial charge in [-0.3, -0.25) is 4.79 Å². The molecule has 0 aliphatic carbocycles. The Labute approximate surface area is 163 Å². The van der Waals surface area contributed by atoms with Gasteiger partial charge in [0.15, 0.2) is 15.5 Å². The van der Waals surface area contributed by atoms with E-state index in [1.54, 1.807) is 24.3 Å². The van der Waals surface area contributed by atoms with Crippen LogP contribution in [0, 0.1) is 0 Å². The van der Waals surface area contributed by atoms with E-state index in [2.05, 4.69) is 15.5 Å². The monoisotopic (exact) mass is 398 g/mol. The first-order chi connectivity index (χ1) is 13.2. The Morgan fingerprint density at radius 3 is 2.32 bits per heavy atom. The van der Waals surface area contributed by atoms with E-state index >= 15 is 0 Å². The van der Waals surface area contributed by atoms with Crippen LogP contribution in [0.5, 0.6) is 0 Å². The van der Waals surface area contributed by atoms with Crippen LogP contribution in [0.15, 0.2) is 47.4 Å². The molecule has 2 aromatic carbocycles. The highest BCUT2D eigenvalue weighted by atomic mass is 32.2. The fraction of sp³-hybridized carbons (Fsp3) is 0.250. The molecule has 1 atom stereocenters. The smallest absolute Gasteiger partial charge is 0.271 e. The molecule has 0 spiro atoms. The molecule has 1 aromatic heterocycles. The summed E-state index contributed by atoms with van der Waals surface area (Å²) < 4.78 is 23.3. The number of rotatable bonds is 6. The van der Waals surface area contributed by atoms with Crippen molar-refractivity contribution in [2.24, 2.45) is 5.73 Å². The predicted molar refractivity (Wildman–Crippen MR) is 110 cm³/mol. The van der Waals surface area contributed by atoms with Crippen LogP contribution >= 0.6 is 0 Å². The third kappa shape index (κ3) is 3.96. The van der Waals surface area contributed by atoms with Crippen molar-refractivity contribution in [2.75, 3.05) is 11.6 Å². The summed E-state index contributed by atoms with van der Waals surface area (Å²) in [5.41, 5.74) is 8.48. The molecule has 0 saturated carbocycles. The molecule has 0 saturated heterocycles. The largest absolute Gasteiger partial charge is 0.380 e. The lowest BCUT2D eigenvalue weighted by atomic mass is 10.0. The highest BCUT2D eigenvalue weighted by Crippen LogP contribution is 2.30. The van der Waals surface area contributed by atoms with E-state index in [1.807, 2.05) is 32.0 Å². The molecule has 0 fully saturated rings. The minimum atomic E-state index is -3.24. The first-order valence-corrected chi connectivity index (χ1v) is 10.8. The topological polar surface area (TPSA) is 115 Å². The fourth-order valence-electron chi connectivity index (χ4n) is 2.85. The number of primary amides is 1. The van der Waals surface area contributed by atoms with Crippen LogP contribution in [0.2, 0.25) is 0 Å². The van der Waals surface area contributed by atoms with Gasteiger partial charge in [0.2, 0.25) is 0 Å². The molecule has 1 unspecified atom stereocenters. The van der Waals surface area contributed by atoms with Crippen molar-refractivity contribution in [1.29, 1.82) is 0 Å². The van der Waals surface area contributed by atoms with Crippen molar-refractivity contribution in [2.45, 2.75) is 31.2 Å². The summed E-state index contributed by atoms with van der Waals surface area (Å²) in [7, 11) is -3.24. The van der Waals surface area contributed by atoms with Crippen LogP contribution in [0.25, 0.3) is 22.0 Å². The number of nitrogens with two attached hydrogens (primary N) is 1. The summed E-state index contributed by atoms with van der Waals surface area (Å²) in [6.45, 7) is 4.05. The van der Waals surface area contributed by atoms with Crippen molar-refractivity contribution >= 4 is 32.3 Å². The van der Waals surface area contributed by atoms with Crippen LogP contribution < -0.4 is 11.1 Å². The normalized spacial score (nSPS) is 12.7. The Morgan fingerprint density at radius 1 is 1.11 bits per heavy atom. The first kappa shape index (κ1) is 19.8. The highest BCUT2D eigenvalue weighted by molar-refractivity contribution is 7.90. The lowest BCUT2D eigenvalue weighted by Crippen LogP contribution is -2.21. The molecule has 3 aromatic rings. The average molecular weight is 398 g/mol. The summed E-state index contributed by atoms with van der Waals surface area (Å²) in [4.78, 5) is 12.0. The van der Waals surface area contributed by atoms with E-state index < -0.39 is 15.7 Å². The van der Waals surface area contributed by atoms with Gasteiger partial charge in [-0.1, -0.05) is 25.1 Å². The van der Waals surface area contributed by atoms with Gasteiger partial charge in [-0.15, -0.1) is 10.2 Å². The van der Waals surface area contributed by atoms with Crippen LogP contribution in [0.1, 0.15) is 30.8 Å². The minimum absolute atomic E-state index is 0.109. The number of amides is 1. The van der Waals surface area contributed by atoms with E-state index in [0.717, 1.165) is 22.9 Å². The molecule has 0 bridgehead atoms. The molecule has 3 rings (SSSR count). The molecule has 7 nitrogen and oxygen atoms in total. The summed E-state index contributed by atoms with van der Waals surface area (Å²) in [6.07, 6.45) is 2.04. The van der Waals surface area contributed by atoms with Gasteiger partial charge < -0.3 is 11.1 Å². The first-order valence-electron chi connectivity index (χ1n) is 8.88. The van der Waals surface area contributed by atoms with Crippen molar-refractivity contribution in [3.05, 3.63) is 48.2 Å². The third-order valence-electron chi connectivity index (χ3n) is 4.61. The molecular weight excluding hydrogens is 376 g/mol. The maximum Gasteiger partial charge on any atom is 0.271 e. The quantitative estimate of drug-likeness (QED) is 0.659. The SMILES string of the molecule is CCC(C)Nc1c(C(N)=O)nnc2cc(-c3ccc(S(C)(=O)=O)cc3)ccc12. The number of carbonyl (C=O) groups excluding carboxylic acids is 1. The van der Waals surface area contributed by atoms with E-state index in [1.165, 1.54) is 6.26 Å². The van der Waals surface area contributed by atoms with E-state index in [0.29, 0.717) is 11.2 Å². The number of hydrogen-bond donors (Lipinski definition) is 2. The molecule has 146 valence electrons. The lowest BCUT2D eigenvalue weighted by Gasteiger charge is -2.17. The van der Waals surface area contributed by atoms with Crippen molar-refractivity contribution in [3.63, 3.8) is 0 Å². The predicted octanol–water partition coefficient (Wildman–Crippen LogP) is 3.01. The molecule has 28 heavy (non-hydrogen) atoms. The molecule has 8 heteroatoms. The zero-order valence-electron chi connectivity index (χ0n) is 15.9. The summed E-state index contributed by atoms with van der Waals surface area (Å²) in [5.74, 6) is -0.638. The average Bonchev–Trinajstić information content (AvgIpc) is 2.66. The summed E-state index contributed by atoms with van der Waals surface area (Å²) in [6, 6.07) is 12.4. The van der Waals surface area contributed by atoms with Gasteiger partial charge in [0.1, 0.15) is 0 Å². The number of carbonyl (C=O) groups is 1. The van der Waals surface area contributed by atoms with Gasteiger partial charge >= 0.3 is 0 Å². The number of nitrogens with zero attached hydrogens (tertiary/aromatic N) is 2. The number of aromatic nitrogens is 2. The molecule has 1 amide bonds. The Balaban J connectivity index is 2.09. The highest BCUT2D eigenvalue weighted by Gasteiger charge is 2.17. The second-order valence-electron chi connectivity index (χ2n) is 6.77. The number of sulfone groups is 1. The Kier molecular flexibility index (Phi) is 5.33. The van der Waals surface area contributed by atoms with Crippen molar-refractivity contribution in [3.8, 4) is 11.1 Å². The van der Waals surface area contributed by atoms with Crippen molar-refractivity contribution < 1.29 is 13.2 Å². The second kappa shape index (κ2) is 7.55. The Morgan fingerprint density at radius 2 is 1.75 bits per heavy atom. The second-order valence-corrected chi connectivity index (χ2v) is 8.79. The summed E-state index contributed by atoms with van der Waals surface area (Å²) in [5, 5.41) is 12.2. The minimum Gasteiger partial charge on any atom is -0.380 e. The fourth-order valence-corrected chi connectivity index (χ4v) is 3.48. The maximum atomic E-state index is 11.8. The number of anilines is 1. The van der Waals surface area contributed by atoms with Gasteiger partial charge in [0, 0.05) is 17.7 Å². The van der Waals surface area contributed by atoms with Gasteiger partial charge in [0.25, 0.3) is 5.91 Å². The molecular formula is C20H22N4O3S. The van der Waals surface area contributed by atoms with Gasteiger partial charge in [-0.25, -0.2) is 8.42 Å². The zero-order chi connectivity index (χ0) is 20.5. The Hall–Kier alpha value is -3.00. The molecule has 0 aliphatic rings. The number of hydrogen-bond acceptors (Lipinski definition) is 6. The number of fused-ring (bicyclic) bond motifs is 1. The van der Waals surface area contributed by atoms with Gasteiger partial charge in [0.05, 0.1) is 16.1 Å². The molecule has 0 radical (unpaired) electrons. The molecule has 0 aliphatic heterocycles. The van der Waals surface area contributed by atoms with Crippen molar-refractivity contribution in [1.82, 2.24) is 10.2 Å². The standard InChI is InChI=1S/C20H22N4O3S/c1-4-12(2)22-18-16-10-7-14(11-17(16)23-24-19(18)20(21)25)13-5-8-15(9-6-13)28(3,26)27/h5-12H,4H2,1-3H3,(H2,21,25)(H,22,23). The van der Waals surface area contributed by atoms with Gasteiger partial charge in [-0.2, -0.15) is 0 Å². The molecule has 1 heterocycles. The van der Waals surface area contributed by atoms with Crippen LogP contribution in [0.3, 0.4) is 0 Å². The van der Waals surface area contributed by atoms with E-state index in [-0.39, 0.29) is 16.6 Å². The zero-order valence-corrected chi connectivity index (χ0v) is 16.7. The van der Waals surface area contributed by atoms with E-state index in [4.69, 9.17) is 5.73 Å². The Bertz CT molecular complexity index is 1140. The van der Waals surface area contributed by atoms with E-state index in [9.17, 15) is 13.2 Å². The summed E-state index contributed by atoms with van der Waals surface area (Å²) >= 11 is 0. The van der Waals surface area contributed by atoms with Gasteiger partial charge in [-0.05, 0) is 48.7 Å².